The Kier molecular flexibility index (Phi) is 14.1. The van der Waals surface area contributed by atoms with Gasteiger partial charge in [0, 0.05) is 59.6 Å². The first kappa shape index (κ1) is 49.9. The first-order chi connectivity index (χ1) is 30.0. The van der Waals surface area contributed by atoms with Gasteiger partial charge in [-0.05, 0) is 111 Å². The average molecular weight is 984 g/mol. The van der Waals surface area contributed by atoms with Crippen molar-refractivity contribution < 1.29 is 69.6 Å². The molecule has 0 saturated heterocycles. The maximum absolute atomic E-state index is 16.0. The lowest BCUT2D eigenvalue weighted by Crippen LogP contribution is -2.28. The minimum Gasteiger partial charge on any atom is -0.344 e. The zero-order valence-corrected chi connectivity index (χ0v) is 39.2. The predicted molar refractivity (Wildman–Crippen MR) is 239 cm³/mol. The third-order valence-electron chi connectivity index (χ3n) is 12.1. The molecular formula is C44H50F3N2O12S4+. The average Bonchev–Trinajstić information content (AvgIpc) is 3.52. The molecule has 21 heteroatoms. The molecule has 0 aromatic heterocycles. The van der Waals surface area contributed by atoms with Gasteiger partial charge in [0.15, 0.2) is 5.71 Å². The smallest absolute Gasteiger partial charge is 0.294 e. The highest BCUT2D eigenvalue weighted by molar-refractivity contribution is 7.86. The van der Waals surface area contributed by atoms with Gasteiger partial charge in [0.1, 0.15) is 24.0 Å². The zero-order valence-electron chi connectivity index (χ0n) is 35.9. The summed E-state index contributed by atoms with van der Waals surface area (Å²) in [7, 11) is -17.7. The molecule has 0 bridgehead atoms. The molecule has 6 rings (SSSR count). The molecule has 0 fully saturated rings. The fourth-order valence-electron chi connectivity index (χ4n) is 8.94. The molecule has 2 aliphatic heterocycles. The maximum Gasteiger partial charge on any atom is 0.294 e. The van der Waals surface area contributed by atoms with Crippen molar-refractivity contribution >= 4 is 63.1 Å². The molecule has 65 heavy (non-hydrogen) atoms. The van der Waals surface area contributed by atoms with Crippen LogP contribution >= 0.6 is 0 Å². The molecule has 3 aromatic carbocycles. The summed E-state index contributed by atoms with van der Waals surface area (Å²) in [4.78, 5) is 1.13. The van der Waals surface area contributed by atoms with Crippen molar-refractivity contribution in [2.45, 2.75) is 93.3 Å². The van der Waals surface area contributed by atoms with Crippen molar-refractivity contribution in [1.82, 2.24) is 0 Å². The van der Waals surface area contributed by atoms with E-state index < -0.39 is 85.8 Å². The van der Waals surface area contributed by atoms with Crippen molar-refractivity contribution in [3.63, 3.8) is 0 Å². The summed E-state index contributed by atoms with van der Waals surface area (Å²) in [6, 6.07) is 9.30. The third kappa shape index (κ3) is 11.0. The molecule has 0 radical (unpaired) electrons. The number of unbranched alkanes of at least 4 members (excludes halogenated alkanes) is 2. The monoisotopic (exact) mass is 983 g/mol. The summed E-state index contributed by atoms with van der Waals surface area (Å²) in [5.41, 5.74) is 1.91. The molecule has 2 heterocycles. The van der Waals surface area contributed by atoms with E-state index in [9.17, 15) is 56.3 Å². The Morgan fingerprint density at radius 1 is 0.677 bits per heavy atom. The predicted octanol–water partition coefficient (Wildman–Crippen LogP) is 8.11. The molecule has 3 aromatic rings. The van der Waals surface area contributed by atoms with Gasteiger partial charge in [0.2, 0.25) is 5.69 Å². The van der Waals surface area contributed by atoms with E-state index in [0.29, 0.717) is 76.5 Å². The van der Waals surface area contributed by atoms with Crippen molar-refractivity contribution in [3.05, 3.63) is 124 Å². The Morgan fingerprint density at radius 3 is 1.83 bits per heavy atom. The molecule has 0 amide bonds. The van der Waals surface area contributed by atoms with Crippen LogP contribution in [0.15, 0.2) is 99.5 Å². The molecule has 352 valence electrons. The summed E-state index contributed by atoms with van der Waals surface area (Å²) in [5.74, 6) is -4.48. The molecule has 1 aliphatic carbocycles. The number of halogens is 3. The van der Waals surface area contributed by atoms with E-state index >= 15 is 8.78 Å². The number of rotatable bonds is 16. The largest absolute Gasteiger partial charge is 0.344 e. The Bertz CT molecular complexity index is 3040. The van der Waals surface area contributed by atoms with Gasteiger partial charge in [-0.3, -0.25) is 18.2 Å². The molecule has 0 spiro atoms. The summed E-state index contributed by atoms with van der Waals surface area (Å²) in [6.45, 7) is 7.63. The number of fused-ring (bicyclic) bond motifs is 2. The highest BCUT2D eigenvalue weighted by Crippen LogP contribution is 2.49. The summed E-state index contributed by atoms with van der Waals surface area (Å²) in [5, 5.41) is 0. The number of anilines is 1. The molecule has 0 unspecified atom stereocenters. The number of allylic oxidation sites excluding steroid dienone is 8. The number of hydrogen-bond donors (Lipinski definition) is 4. The lowest BCUT2D eigenvalue weighted by Gasteiger charge is -2.28. The first-order valence-corrected chi connectivity index (χ1v) is 26.7. The summed E-state index contributed by atoms with van der Waals surface area (Å²) < 4.78 is 181. The van der Waals surface area contributed by atoms with Crippen LogP contribution in [0, 0.1) is 17.5 Å². The van der Waals surface area contributed by atoms with Gasteiger partial charge in [-0.2, -0.15) is 38.2 Å². The normalized spacial score (nSPS) is 19.0. The van der Waals surface area contributed by atoms with Gasteiger partial charge < -0.3 is 4.90 Å². The molecule has 4 N–H and O–H groups in total. The van der Waals surface area contributed by atoms with Crippen LogP contribution in [-0.4, -0.2) is 86.8 Å². The van der Waals surface area contributed by atoms with Crippen LogP contribution in [0.1, 0.15) is 89.3 Å². The lowest BCUT2D eigenvalue weighted by atomic mass is 9.79. The highest BCUT2D eigenvalue weighted by Gasteiger charge is 2.45. The highest BCUT2D eigenvalue weighted by atomic mass is 32.2. The number of benzene rings is 3. The SMILES string of the molecule is CC1(C)C(/C=C/C2=C(c3c(F)cc(F)cc3F)C(=C/C=C3/N(CCCCS(=O)(=O)O)c4ccc(S(=O)(=O)O)cc4C3(C)C)/CCC2)=[N+](CCCCS(=O)(=O)O)c2ccc(S(=O)(=O)O)cc21. The lowest BCUT2D eigenvalue weighted by molar-refractivity contribution is -0.438. The zero-order chi connectivity index (χ0) is 48.1. The van der Waals surface area contributed by atoms with Crippen LogP contribution in [-0.2, 0) is 51.3 Å². The van der Waals surface area contributed by atoms with E-state index in [1.54, 1.807) is 52.0 Å². The van der Waals surface area contributed by atoms with Crippen LogP contribution in [0.4, 0.5) is 24.5 Å². The second kappa shape index (κ2) is 18.3. The topological polar surface area (TPSA) is 224 Å². The number of hydrogen-bond acceptors (Lipinski definition) is 9. The minimum absolute atomic E-state index is 0.0822. The van der Waals surface area contributed by atoms with Crippen LogP contribution in [0.3, 0.4) is 0 Å². The molecule has 14 nitrogen and oxygen atoms in total. The Hall–Kier alpha value is -4.48. The molecule has 0 saturated carbocycles. The van der Waals surface area contributed by atoms with Crippen molar-refractivity contribution in [2.24, 2.45) is 0 Å². The Labute approximate surface area is 377 Å². The second-order valence-corrected chi connectivity index (χ2v) is 23.3. The number of nitrogens with zero attached hydrogens (tertiary/aromatic N) is 2. The van der Waals surface area contributed by atoms with Gasteiger partial charge in [0.25, 0.3) is 40.5 Å². The second-order valence-electron chi connectivity index (χ2n) is 17.3. The fourth-order valence-corrected chi connectivity index (χ4v) is 11.1. The van der Waals surface area contributed by atoms with Gasteiger partial charge in [-0.15, -0.1) is 0 Å². The van der Waals surface area contributed by atoms with Crippen LogP contribution < -0.4 is 4.90 Å². The van der Waals surface area contributed by atoms with E-state index in [-0.39, 0.29) is 54.1 Å². The standard InChI is InChI=1S/C44H49F3N2O12S4/c1-43(2)33-26-31(64(56,57)58)14-16-37(33)48(20-5-7-22-62(50,51)52)39(43)18-12-28-10-9-11-29(41(28)42-35(46)24-30(45)25-36(42)47)13-19-40-44(3,4)34-27-32(65(59,60)61)15-17-38(34)49(40)21-6-8-23-63(53,54)55/h12-19,24-27H,5-11,20-23H2,1-4H3,(H3-,50,51,52,53,54,55,56,57,58,59,60,61)/p+1. The quantitative estimate of drug-likeness (QED) is 0.0606. The van der Waals surface area contributed by atoms with Gasteiger partial charge in [-0.1, -0.05) is 26.0 Å². The summed E-state index contributed by atoms with van der Waals surface area (Å²) >= 11 is 0. The minimum atomic E-state index is -4.61. The van der Waals surface area contributed by atoms with Crippen molar-refractivity contribution in [1.29, 1.82) is 0 Å². The van der Waals surface area contributed by atoms with Gasteiger partial charge in [-0.25, -0.2) is 13.2 Å². The third-order valence-corrected chi connectivity index (χ3v) is 15.4. The maximum atomic E-state index is 16.0. The van der Waals surface area contributed by atoms with Crippen molar-refractivity contribution in [2.75, 3.05) is 29.5 Å². The van der Waals surface area contributed by atoms with E-state index in [2.05, 4.69) is 0 Å². The van der Waals surface area contributed by atoms with Crippen LogP contribution in [0.2, 0.25) is 0 Å². The van der Waals surface area contributed by atoms with E-state index in [4.69, 9.17) is 0 Å². The van der Waals surface area contributed by atoms with E-state index in [1.807, 2.05) is 9.48 Å². The van der Waals surface area contributed by atoms with E-state index in [1.165, 1.54) is 36.4 Å². The first-order valence-electron chi connectivity index (χ1n) is 20.6. The van der Waals surface area contributed by atoms with Crippen molar-refractivity contribution in [3.8, 4) is 0 Å². The molecule has 3 aliphatic rings. The van der Waals surface area contributed by atoms with Crippen LogP contribution in [0.5, 0.6) is 0 Å². The fraction of sp³-hybridized carbons (Fsp3) is 0.386. The Morgan fingerprint density at radius 2 is 1.25 bits per heavy atom. The summed E-state index contributed by atoms with van der Waals surface area (Å²) in [6.07, 6.45) is 8.55. The Balaban J connectivity index is 1.52. The molecule has 0 atom stereocenters. The molecular weight excluding hydrogens is 934 g/mol. The van der Waals surface area contributed by atoms with E-state index in [0.717, 1.165) is 0 Å². The van der Waals surface area contributed by atoms with Gasteiger partial charge in [0.05, 0.1) is 32.3 Å². The van der Waals surface area contributed by atoms with Gasteiger partial charge >= 0.3 is 0 Å². The van der Waals surface area contributed by atoms with Crippen LogP contribution in [0.25, 0.3) is 5.57 Å².